The van der Waals surface area contributed by atoms with Gasteiger partial charge in [-0.25, -0.2) is 0 Å². The third kappa shape index (κ3) is 6.15. The van der Waals surface area contributed by atoms with Crippen molar-refractivity contribution >= 4 is 18.4 Å². The van der Waals surface area contributed by atoms with Crippen molar-refractivity contribution in [1.82, 2.24) is 0 Å². The molecule has 0 saturated heterocycles. The van der Waals surface area contributed by atoms with Crippen LogP contribution in [0.3, 0.4) is 0 Å². The monoisotopic (exact) mass is 402 g/mol. The van der Waals surface area contributed by atoms with Gasteiger partial charge in [0.1, 0.15) is 0 Å². The quantitative estimate of drug-likeness (QED) is 0.350. The van der Waals surface area contributed by atoms with Gasteiger partial charge in [0.25, 0.3) is 0 Å². The van der Waals surface area contributed by atoms with E-state index in [-0.39, 0.29) is 0 Å². The maximum absolute atomic E-state index is 6.39. The van der Waals surface area contributed by atoms with Crippen LogP contribution in [-0.2, 0) is 4.74 Å². The Morgan fingerprint density at radius 2 is 1.48 bits per heavy atom. The summed E-state index contributed by atoms with van der Waals surface area (Å²) in [5, 5.41) is 0. The standard InChI is InChI=1S/C7H11O.3C4H9.Sn/c1-2-7-4-3-5-8-6-7;3*1-3-4-2;/h3,7H,2,4,6H2,1H3;3*1,3-4H2,2H3;. The second kappa shape index (κ2) is 11.0. The van der Waals surface area contributed by atoms with Crippen molar-refractivity contribution in [1.29, 1.82) is 0 Å². The predicted octanol–water partition coefficient (Wildman–Crippen LogP) is 6.71. The Morgan fingerprint density at radius 1 is 0.952 bits per heavy atom. The van der Waals surface area contributed by atoms with Crippen molar-refractivity contribution in [3.8, 4) is 0 Å². The summed E-state index contributed by atoms with van der Waals surface area (Å²) in [6.07, 6.45) is 13.4. The average Bonchev–Trinajstić information content (AvgIpc) is 2.55. The van der Waals surface area contributed by atoms with Crippen LogP contribution in [0.2, 0.25) is 13.3 Å². The van der Waals surface area contributed by atoms with E-state index in [1.54, 1.807) is 3.78 Å². The first-order valence-corrected chi connectivity index (χ1v) is 17.0. The summed E-state index contributed by atoms with van der Waals surface area (Å²) < 4.78 is 12.6. The van der Waals surface area contributed by atoms with Crippen molar-refractivity contribution in [2.45, 2.75) is 92.4 Å². The van der Waals surface area contributed by atoms with Gasteiger partial charge in [-0.1, -0.05) is 0 Å². The van der Waals surface area contributed by atoms with Crippen LogP contribution < -0.4 is 0 Å². The van der Waals surface area contributed by atoms with E-state index in [9.17, 15) is 0 Å². The fraction of sp³-hybridized carbons (Fsp3) is 0.895. The molecule has 0 amide bonds. The van der Waals surface area contributed by atoms with E-state index in [4.69, 9.17) is 4.74 Å². The fourth-order valence-corrected chi connectivity index (χ4v) is 19.3. The Hall–Kier alpha value is 0.339. The molecular weight excluding hydrogens is 363 g/mol. The number of rotatable bonds is 11. The summed E-state index contributed by atoms with van der Waals surface area (Å²) in [7, 11) is 0. The zero-order chi connectivity index (χ0) is 15.6. The number of unbranched alkanes of at least 4 members (excludes halogenated alkanes) is 3. The van der Waals surface area contributed by atoms with Gasteiger partial charge in [-0.3, -0.25) is 0 Å². The van der Waals surface area contributed by atoms with Gasteiger partial charge in [0, 0.05) is 0 Å². The fourth-order valence-electron chi connectivity index (χ4n) is 3.55. The first kappa shape index (κ1) is 19.4. The van der Waals surface area contributed by atoms with E-state index in [1.165, 1.54) is 64.7 Å². The Bertz CT molecular complexity index is 276. The molecule has 124 valence electrons. The van der Waals surface area contributed by atoms with E-state index >= 15 is 0 Å². The topological polar surface area (TPSA) is 9.23 Å². The molecule has 1 rings (SSSR count). The molecule has 1 aliphatic rings. The molecule has 0 aromatic rings. The van der Waals surface area contributed by atoms with Crippen LogP contribution >= 0.6 is 0 Å². The predicted molar refractivity (Wildman–Crippen MR) is 97.3 cm³/mol. The second-order valence-corrected chi connectivity index (χ2v) is 20.0. The SMILES string of the molecule is CCC[CH2][Sn]([CH2]CCC)([CH2]CCC)[C]1=CCC(CC)CO1. The summed E-state index contributed by atoms with van der Waals surface area (Å²) in [5.41, 5.74) is 0. The molecule has 1 atom stereocenters. The molecule has 1 nitrogen and oxygen atoms in total. The summed E-state index contributed by atoms with van der Waals surface area (Å²) in [6, 6.07) is 0. The van der Waals surface area contributed by atoms with Gasteiger partial charge in [-0.2, -0.15) is 0 Å². The minimum absolute atomic E-state index is 0.779. The number of ether oxygens (including phenoxy) is 1. The molecule has 0 fully saturated rings. The second-order valence-electron chi connectivity index (χ2n) is 6.98. The van der Waals surface area contributed by atoms with Crippen LogP contribution in [0.5, 0.6) is 0 Å². The molecular formula is C19H38OSn. The molecule has 1 aliphatic heterocycles. The summed E-state index contributed by atoms with van der Waals surface area (Å²) in [5.74, 6) is 0.779. The van der Waals surface area contributed by atoms with E-state index in [1.807, 2.05) is 0 Å². The molecule has 1 heterocycles. The van der Waals surface area contributed by atoms with Gasteiger partial charge in [0.15, 0.2) is 0 Å². The Balaban J connectivity index is 2.87. The third-order valence-corrected chi connectivity index (χ3v) is 20.4. The van der Waals surface area contributed by atoms with Crippen molar-refractivity contribution < 1.29 is 4.74 Å². The summed E-state index contributed by atoms with van der Waals surface area (Å²) >= 11 is -2.24. The molecule has 0 saturated carbocycles. The third-order valence-electron chi connectivity index (χ3n) is 5.24. The number of hydrogen-bond acceptors (Lipinski definition) is 1. The minimum atomic E-state index is -2.24. The van der Waals surface area contributed by atoms with E-state index in [0.717, 1.165) is 12.5 Å². The molecule has 0 spiro atoms. The van der Waals surface area contributed by atoms with Crippen LogP contribution in [0.1, 0.15) is 79.1 Å². The Labute approximate surface area is 137 Å². The van der Waals surface area contributed by atoms with Crippen molar-refractivity contribution in [2.24, 2.45) is 5.92 Å². The summed E-state index contributed by atoms with van der Waals surface area (Å²) in [4.78, 5) is 0. The zero-order valence-corrected chi connectivity index (χ0v) is 17.9. The van der Waals surface area contributed by atoms with Crippen LogP contribution in [0.15, 0.2) is 9.85 Å². The van der Waals surface area contributed by atoms with Crippen LogP contribution in [0.4, 0.5) is 0 Å². The van der Waals surface area contributed by atoms with E-state index < -0.39 is 18.4 Å². The van der Waals surface area contributed by atoms with Crippen molar-refractivity contribution in [3.63, 3.8) is 0 Å². The molecule has 0 aromatic heterocycles. The molecule has 21 heavy (non-hydrogen) atoms. The Morgan fingerprint density at radius 3 is 1.81 bits per heavy atom. The maximum atomic E-state index is 6.39. The van der Waals surface area contributed by atoms with Crippen LogP contribution in [0.25, 0.3) is 0 Å². The van der Waals surface area contributed by atoms with E-state index in [2.05, 4.69) is 33.8 Å². The van der Waals surface area contributed by atoms with Gasteiger partial charge in [0.2, 0.25) is 0 Å². The number of allylic oxidation sites excluding steroid dienone is 1. The first-order chi connectivity index (χ1) is 10.2. The average molecular weight is 401 g/mol. The van der Waals surface area contributed by atoms with Gasteiger partial charge in [-0.15, -0.1) is 0 Å². The molecule has 0 bridgehead atoms. The van der Waals surface area contributed by atoms with Gasteiger partial charge in [-0.05, 0) is 0 Å². The van der Waals surface area contributed by atoms with Gasteiger partial charge < -0.3 is 0 Å². The van der Waals surface area contributed by atoms with E-state index in [0.29, 0.717) is 0 Å². The normalized spacial score (nSPS) is 19.2. The summed E-state index contributed by atoms with van der Waals surface area (Å²) in [6.45, 7) is 10.3. The first-order valence-electron chi connectivity index (χ1n) is 9.55. The van der Waals surface area contributed by atoms with Crippen LogP contribution in [0, 0.1) is 5.92 Å². The zero-order valence-electron chi connectivity index (χ0n) is 15.0. The molecule has 0 N–H and O–H groups in total. The van der Waals surface area contributed by atoms with Gasteiger partial charge >= 0.3 is 138 Å². The molecule has 1 unspecified atom stereocenters. The van der Waals surface area contributed by atoms with Crippen molar-refractivity contribution in [3.05, 3.63) is 9.85 Å². The Kier molecular flexibility index (Phi) is 10.1. The molecule has 0 aliphatic carbocycles. The molecule has 0 aromatic carbocycles. The number of hydrogen-bond donors (Lipinski definition) is 0. The molecule has 2 heteroatoms. The van der Waals surface area contributed by atoms with Crippen molar-refractivity contribution in [2.75, 3.05) is 6.61 Å². The molecule has 0 radical (unpaired) electrons. The van der Waals surface area contributed by atoms with Crippen LogP contribution in [-0.4, -0.2) is 25.0 Å². The van der Waals surface area contributed by atoms with Gasteiger partial charge in [0.05, 0.1) is 0 Å².